The molecular weight excluding hydrogens is 116 g/mol. The molecule has 0 aromatic carbocycles. The zero-order chi connectivity index (χ0) is 6.91. The van der Waals surface area contributed by atoms with Crippen molar-refractivity contribution in [3.8, 4) is 0 Å². The highest BCUT2D eigenvalue weighted by atomic mass is 16.5. The fourth-order valence-corrected chi connectivity index (χ4v) is 1.12. The molecule has 54 valence electrons. The van der Waals surface area contributed by atoms with E-state index in [2.05, 4.69) is 0 Å². The van der Waals surface area contributed by atoms with Crippen molar-refractivity contribution in [3.05, 3.63) is 0 Å². The van der Waals surface area contributed by atoms with Gasteiger partial charge in [-0.25, -0.2) is 0 Å². The number of hydrogen-bond acceptors (Lipinski definition) is 2. The van der Waals surface area contributed by atoms with Crippen LogP contribution in [0.3, 0.4) is 0 Å². The van der Waals surface area contributed by atoms with Crippen LogP contribution >= 0.6 is 0 Å². The molecule has 9 heavy (non-hydrogen) atoms. The Labute approximate surface area is 55.8 Å². The predicted molar refractivity (Wildman–Crippen MR) is 35.2 cm³/mol. The molecule has 0 heterocycles. The van der Waals surface area contributed by atoms with Crippen LogP contribution in [0, 0.1) is 5.92 Å². The van der Waals surface area contributed by atoms with Gasteiger partial charge in [0.15, 0.2) is 0 Å². The van der Waals surface area contributed by atoms with Gasteiger partial charge in [0.05, 0.1) is 12.2 Å². The summed E-state index contributed by atoms with van der Waals surface area (Å²) in [6.07, 6.45) is 2.33. The van der Waals surface area contributed by atoms with Gasteiger partial charge in [0.1, 0.15) is 0 Å². The number of ether oxygens (including phenoxy) is 1. The van der Waals surface area contributed by atoms with Crippen molar-refractivity contribution < 1.29 is 9.84 Å². The van der Waals surface area contributed by atoms with E-state index in [1.54, 1.807) is 7.11 Å². The van der Waals surface area contributed by atoms with Crippen LogP contribution in [0.4, 0.5) is 0 Å². The first-order valence-corrected chi connectivity index (χ1v) is 3.38. The Morgan fingerprint density at radius 3 is 2.56 bits per heavy atom. The molecule has 0 aromatic heterocycles. The molecule has 0 radical (unpaired) electrons. The Hall–Kier alpha value is -0.0800. The van der Waals surface area contributed by atoms with Crippen molar-refractivity contribution in [2.75, 3.05) is 13.7 Å². The van der Waals surface area contributed by atoms with Gasteiger partial charge in [-0.1, -0.05) is 0 Å². The largest absolute Gasteiger partial charge is 0.387 e. The van der Waals surface area contributed by atoms with Crippen molar-refractivity contribution >= 4 is 0 Å². The van der Waals surface area contributed by atoms with E-state index in [0.29, 0.717) is 12.5 Å². The van der Waals surface area contributed by atoms with Gasteiger partial charge in [-0.15, -0.1) is 0 Å². The molecule has 1 rings (SSSR count). The Morgan fingerprint density at radius 1 is 1.67 bits per heavy atom. The zero-order valence-electron chi connectivity index (χ0n) is 6.05. The van der Waals surface area contributed by atoms with E-state index in [4.69, 9.17) is 4.74 Å². The molecule has 1 unspecified atom stereocenters. The normalized spacial score (nSPS) is 25.7. The van der Waals surface area contributed by atoms with Gasteiger partial charge < -0.3 is 9.84 Å². The molecule has 1 atom stereocenters. The molecule has 2 heteroatoms. The van der Waals surface area contributed by atoms with Crippen molar-refractivity contribution in [2.45, 2.75) is 25.4 Å². The fraction of sp³-hybridized carbons (Fsp3) is 1.00. The first-order valence-electron chi connectivity index (χ1n) is 3.38. The lowest BCUT2D eigenvalue weighted by Gasteiger charge is -2.20. The van der Waals surface area contributed by atoms with Crippen LogP contribution in [0.1, 0.15) is 19.8 Å². The first-order chi connectivity index (χ1) is 4.17. The van der Waals surface area contributed by atoms with Gasteiger partial charge in [0.2, 0.25) is 0 Å². The molecule has 0 saturated heterocycles. The van der Waals surface area contributed by atoms with Crippen LogP contribution in [0.5, 0.6) is 0 Å². The highest BCUT2D eigenvalue weighted by Crippen LogP contribution is 2.39. The van der Waals surface area contributed by atoms with Gasteiger partial charge >= 0.3 is 0 Å². The zero-order valence-corrected chi connectivity index (χ0v) is 6.05. The second-order valence-corrected chi connectivity index (χ2v) is 3.06. The van der Waals surface area contributed by atoms with Crippen LogP contribution in [0.2, 0.25) is 0 Å². The summed E-state index contributed by atoms with van der Waals surface area (Å²) < 4.78 is 4.86. The summed E-state index contributed by atoms with van der Waals surface area (Å²) in [7, 11) is 1.62. The van der Waals surface area contributed by atoms with E-state index < -0.39 is 5.60 Å². The van der Waals surface area contributed by atoms with Crippen molar-refractivity contribution in [2.24, 2.45) is 5.92 Å². The second kappa shape index (κ2) is 2.27. The lowest BCUT2D eigenvalue weighted by Crippen LogP contribution is -2.32. The van der Waals surface area contributed by atoms with E-state index in [1.807, 2.05) is 6.92 Å². The third-order valence-corrected chi connectivity index (χ3v) is 1.89. The van der Waals surface area contributed by atoms with Crippen LogP contribution in [0.15, 0.2) is 0 Å². The average Bonchev–Trinajstić information content (AvgIpc) is 2.41. The smallest absolute Gasteiger partial charge is 0.0879 e. The molecule has 1 saturated carbocycles. The van der Waals surface area contributed by atoms with Gasteiger partial charge in [0, 0.05) is 7.11 Å². The van der Waals surface area contributed by atoms with Crippen molar-refractivity contribution in [3.63, 3.8) is 0 Å². The molecule has 1 aliphatic carbocycles. The summed E-state index contributed by atoms with van der Waals surface area (Å²) >= 11 is 0. The molecule has 1 aliphatic rings. The summed E-state index contributed by atoms with van der Waals surface area (Å²) in [4.78, 5) is 0. The van der Waals surface area contributed by atoms with E-state index in [1.165, 1.54) is 0 Å². The Kier molecular flexibility index (Phi) is 1.78. The summed E-state index contributed by atoms with van der Waals surface area (Å²) in [5, 5.41) is 9.53. The number of aliphatic hydroxyl groups is 1. The summed E-state index contributed by atoms with van der Waals surface area (Å²) in [6, 6.07) is 0. The molecule has 0 aromatic rings. The van der Waals surface area contributed by atoms with Gasteiger partial charge in [-0.3, -0.25) is 0 Å². The minimum absolute atomic E-state index is 0.470. The second-order valence-electron chi connectivity index (χ2n) is 3.06. The highest BCUT2D eigenvalue weighted by Gasteiger charge is 2.39. The Bertz CT molecular complexity index is 95.1. The maximum atomic E-state index is 9.53. The first kappa shape index (κ1) is 7.03. The molecule has 2 nitrogen and oxygen atoms in total. The molecule has 0 aliphatic heterocycles. The standard InChI is InChI=1S/C7H14O2/c1-7(8,5-9-2)6-3-4-6/h6,8H,3-5H2,1-2H3. The molecule has 0 spiro atoms. The third kappa shape index (κ3) is 1.66. The van der Waals surface area contributed by atoms with E-state index >= 15 is 0 Å². The third-order valence-electron chi connectivity index (χ3n) is 1.89. The predicted octanol–water partition coefficient (Wildman–Crippen LogP) is 0.794. The van der Waals surface area contributed by atoms with Gasteiger partial charge in [-0.05, 0) is 25.7 Å². The Balaban J connectivity index is 2.30. The van der Waals surface area contributed by atoms with Crippen molar-refractivity contribution in [1.82, 2.24) is 0 Å². The molecular formula is C7H14O2. The van der Waals surface area contributed by atoms with E-state index in [9.17, 15) is 5.11 Å². The van der Waals surface area contributed by atoms with Crippen LogP contribution < -0.4 is 0 Å². The quantitative estimate of drug-likeness (QED) is 0.612. The SMILES string of the molecule is COCC(C)(O)C1CC1. The lowest BCUT2D eigenvalue weighted by atomic mass is 10.0. The maximum absolute atomic E-state index is 9.53. The Morgan fingerprint density at radius 2 is 2.22 bits per heavy atom. The highest BCUT2D eigenvalue weighted by molar-refractivity contribution is 4.90. The maximum Gasteiger partial charge on any atom is 0.0879 e. The fourth-order valence-electron chi connectivity index (χ4n) is 1.12. The molecule has 0 bridgehead atoms. The molecule has 0 amide bonds. The molecule has 1 fully saturated rings. The average molecular weight is 130 g/mol. The van der Waals surface area contributed by atoms with Gasteiger partial charge in [0.25, 0.3) is 0 Å². The van der Waals surface area contributed by atoms with E-state index in [0.717, 1.165) is 12.8 Å². The summed E-state index contributed by atoms with van der Waals surface area (Å²) in [6.45, 7) is 2.31. The van der Waals surface area contributed by atoms with Crippen molar-refractivity contribution in [1.29, 1.82) is 0 Å². The number of hydrogen-bond donors (Lipinski definition) is 1. The summed E-state index contributed by atoms with van der Waals surface area (Å²) in [5.41, 5.74) is -0.561. The van der Waals surface area contributed by atoms with Crippen LogP contribution in [0.25, 0.3) is 0 Å². The van der Waals surface area contributed by atoms with E-state index in [-0.39, 0.29) is 0 Å². The molecule has 1 N–H and O–H groups in total. The topological polar surface area (TPSA) is 29.5 Å². The summed E-state index contributed by atoms with van der Waals surface area (Å²) in [5.74, 6) is 0.498. The monoisotopic (exact) mass is 130 g/mol. The minimum Gasteiger partial charge on any atom is -0.387 e. The minimum atomic E-state index is -0.561. The van der Waals surface area contributed by atoms with Crippen LogP contribution in [-0.2, 0) is 4.74 Å². The lowest BCUT2D eigenvalue weighted by molar-refractivity contribution is -0.0331. The number of methoxy groups -OCH3 is 1. The van der Waals surface area contributed by atoms with Crippen LogP contribution in [-0.4, -0.2) is 24.4 Å². The number of rotatable bonds is 3. The van der Waals surface area contributed by atoms with Gasteiger partial charge in [-0.2, -0.15) is 0 Å².